The average Bonchev–Trinajstić information content (AvgIpc) is 2.19. The molecule has 0 atom stereocenters. The van der Waals surface area contributed by atoms with Gasteiger partial charge in [0.25, 0.3) is 0 Å². The zero-order chi connectivity index (χ0) is 12.6. The second kappa shape index (κ2) is 7.90. The number of carbonyl (C=O) groups is 1. The molecule has 94 valence electrons. The summed E-state index contributed by atoms with van der Waals surface area (Å²) < 4.78 is 5.12. The van der Waals surface area contributed by atoms with Crippen LogP contribution in [-0.4, -0.2) is 20.0 Å². The van der Waals surface area contributed by atoms with Crippen molar-refractivity contribution in [1.29, 1.82) is 0 Å². The van der Waals surface area contributed by atoms with Gasteiger partial charge in [-0.05, 0) is 25.3 Å². The van der Waals surface area contributed by atoms with E-state index in [4.69, 9.17) is 15.8 Å². The molecule has 0 heterocycles. The minimum Gasteiger partial charge on any atom is -0.462 e. The fourth-order valence-corrected chi connectivity index (χ4v) is 2.64. The monoisotopic (exact) mass is 262 g/mol. The van der Waals surface area contributed by atoms with Gasteiger partial charge < -0.3 is 4.74 Å². The molecule has 0 aliphatic heterocycles. The van der Waals surface area contributed by atoms with E-state index >= 15 is 0 Å². The minimum absolute atomic E-state index is 0.248. The Hall–Kier alpha value is -0.283. The molecule has 0 spiro atoms. The van der Waals surface area contributed by atoms with Crippen LogP contribution in [0, 0.1) is 0 Å². The molecule has 0 aliphatic carbocycles. The standard InChI is InChI=1S/C12H23ClO2Si/c1-5-6-8-11(2)12(14)15-9-7-10-16(3,4)13/h2,5-10H2,1,3-4H3. The van der Waals surface area contributed by atoms with Gasteiger partial charge in [-0.3, -0.25) is 0 Å². The van der Waals surface area contributed by atoms with E-state index in [0.717, 1.165) is 31.7 Å². The number of unbranched alkanes of at least 4 members (excludes halogenated alkanes) is 1. The minimum atomic E-state index is -1.52. The molecule has 0 fully saturated rings. The predicted molar refractivity (Wildman–Crippen MR) is 72.4 cm³/mol. The van der Waals surface area contributed by atoms with Crippen LogP contribution in [0.25, 0.3) is 0 Å². The second-order valence-electron chi connectivity index (χ2n) is 4.67. The van der Waals surface area contributed by atoms with Crippen molar-refractivity contribution >= 4 is 24.4 Å². The van der Waals surface area contributed by atoms with Crippen molar-refractivity contribution in [3.05, 3.63) is 12.2 Å². The van der Waals surface area contributed by atoms with Crippen LogP contribution in [0.3, 0.4) is 0 Å². The SMILES string of the molecule is C=C(CCCC)C(=O)OCCC[Si](C)(C)Cl. The van der Waals surface area contributed by atoms with Crippen molar-refractivity contribution in [3.63, 3.8) is 0 Å². The summed E-state index contributed by atoms with van der Waals surface area (Å²) in [5, 5.41) is 0. The van der Waals surface area contributed by atoms with E-state index in [1.54, 1.807) is 0 Å². The lowest BCUT2D eigenvalue weighted by molar-refractivity contribution is -0.139. The van der Waals surface area contributed by atoms with Crippen molar-refractivity contribution in [2.24, 2.45) is 0 Å². The highest BCUT2D eigenvalue weighted by Gasteiger charge is 2.16. The summed E-state index contributed by atoms with van der Waals surface area (Å²) in [6.07, 6.45) is 3.66. The van der Waals surface area contributed by atoms with Gasteiger partial charge in [-0.15, -0.1) is 0 Å². The number of ether oxygens (including phenoxy) is 1. The molecule has 2 nitrogen and oxygen atoms in total. The number of halogens is 1. The smallest absolute Gasteiger partial charge is 0.333 e. The Bertz CT molecular complexity index is 234. The Labute approximate surface area is 105 Å². The lowest BCUT2D eigenvalue weighted by Gasteiger charge is -2.12. The van der Waals surface area contributed by atoms with E-state index in [9.17, 15) is 4.79 Å². The summed E-state index contributed by atoms with van der Waals surface area (Å²) in [5.74, 6) is -0.248. The number of hydrogen-bond acceptors (Lipinski definition) is 2. The van der Waals surface area contributed by atoms with Gasteiger partial charge in [0.1, 0.15) is 0 Å². The van der Waals surface area contributed by atoms with Gasteiger partial charge in [-0.25, -0.2) is 4.79 Å². The van der Waals surface area contributed by atoms with E-state index in [2.05, 4.69) is 26.6 Å². The summed E-state index contributed by atoms with van der Waals surface area (Å²) in [6, 6.07) is 0.975. The third-order valence-corrected chi connectivity index (χ3v) is 4.38. The maximum absolute atomic E-state index is 11.4. The molecule has 0 aromatic carbocycles. The fraction of sp³-hybridized carbons (Fsp3) is 0.750. The number of carbonyl (C=O) groups excluding carboxylic acids is 1. The Balaban J connectivity index is 3.61. The lowest BCUT2D eigenvalue weighted by atomic mass is 10.1. The van der Waals surface area contributed by atoms with Crippen molar-refractivity contribution in [3.8, 4) is 0 Å². The molecule has 0 N–H and O–H groups in total. The van der Waals surface area contributed by atoms with Crippen molar-refractivity contribution in [2.45, 2.75) is 51.7 Å². The third kappa shape index (κ3) is 8.98. The molecule has 16 heavy (non-hydrogen) atoms. The lowest BCUT2D eigenvalue weighted by Crippen LogP contribution is -2.17. The van der Waals surface area contributed by atoms with Gasteiger partial charge >= 0.3 is 5.97 Å². The highest BCUT2D eigenvalue weighted by molar-refractivity contribution is 7.19. The molecule has 0 bridgehead atoms. The van der Waals surface area contributed by atoms with Crippen LogP contribution >= 0.6 is 11.1 Å². The van der Waals surface area contributed by atoms with E-state index < -0.39 is 7.38 Å². The summed E-state index contributed by atoms with van der Waals surface area (Å²) in [6.45, 7) is 10.5. The predicted octanol–water partition coefficient (Wildman–Crippen LogP) is 4.11. The van der Waals surface area contributed by atoms with E-state index in [-0.39, 0.29) is 5.97 Å². The molecule has 0 aromatic heterocycles. The maximum Gasteiger partial charge on any atom is 0.333 e. The summed E-state index contributed by atoms with van der Waals surface area (Å²) in [5.41, 5.74) is 0.587. The highest BCUT2D eigenvalue weighted by atomic mass is 35.6. The van der Waals surface area contributed by atoms with Crippen LogP contribution in [0.4, 0.5) is 0 Å². The Morgan fingerprint density at radius 3 is 2.50 bits per heavy atom. The van der Waals surface area contributed by atoms with Gasteiger partial charge in [0, 0.05) is 5.57 Å². The molecule has 0 aromatic rings. The zero-order valence-electron chi connectivity index (χ0n) is 10.6. The first-order valence-corrected chi connectivity index (χ1v) is 10.1. The van der Waals surface area contributed by atoms with E-state index in [0.29, 0.717) is 12.2 Å². The number of hydrogen-bond donors (Lipinski definition) is 0. The summed E-state index contributed by atoms with van der Waals surface area (Å²) in [4.78, 5) is 11.4. The first-order chi connectivity index (χ1) is 7.37. The molecule has 0 unspecified atom stereocenters. The van der Waals surface area contributed by atoms with Crippen LogP contribution in [-0.2, 0) is 9.53 Å². The van der Waals surface area contributed by atoms with Crippen LogP contribution in [0.1, 0.15) is 32.6 Å². The zero-order valence-corrected chi connectivity index (χ0v) is 12.4. The van der Waals surface area contributed by atoms with E-state index in [1.165, 1.54) is 0 Å². The van der Waals surface area contributed by atoms with Gasteiger partial charge in [-0.1, -0.05) is 33.0 Å². The quantitative estimate of drug-likeness (QED) is 0.216. The van der Waals surface area contributed by atoms with Crippen molar-refractivity contribution in [1.82, 2.24) is 0 Å². The molecule has 0 saturated heterocycles. The topological polar surface area (TPSA) is 26.3 Å². The Kier molecular flexibility index (Phi) is 7.76. The van der Waals surface area contributed by atoms with Crippen LogP contribution in [0.15, 0.2) is 12.2 Å². The highest BCUT2D eigenvalue weighted by Crippen LogP contribution is 2.16. The van der Waals surface area contributed by atoms with Crippen molar-refractivity contribution < 1.29 is 9.53 Å². The molecule has 0 rings (SSSR count). The Morgan fingerprint density at radius 1 is 1.38 bits per heavy atom. The fourth-order valence-electron chi connectivity index (χ4n) is 1.25. The molecule has 0 radical (unpaired) electrons. The van der Waals surface area contributed by atoms with Crippen LogP contribution < -0.4 is 0 Å². The molecule has 0 saturated carbocycles. The first kappa shape index (κ1) is 15.7. The van der Waals surface area contributed by atoms with Crippen LogP contribution in [0.5, 0.6) is 0 Å². The van der Waals surface area contributed by atoms with Gasteiger partial charge in [0.2, 0.25) is 0 Å². The Morgan fingerprint density at radius 2 is 2.00 bits per heavy atom. The van der Waals surface area contributed by atoms with Gasteiger partial charge in [0.15, 0.2) is 7.38 Å². The van der Waals surface area contributed by atoms with Crippen LogP contribution in [0.2, 0.25) is 19.1 Å². The molecule has 0 aliphatic rings. The van der Waals surface area contributed by atoms with E-state index in [1.807, 2.05) is 0 Å². The van der Waals surface area contributed by atoms with Gasteiger partial charge in [-0.2, -0.15) is 11.1 Å². The molecule has 0 amide bonds. The summed E-state index contributed by atoms with van der Waals surface area (Å²) in [7, 11) is -1.52. The van der Waals surface area contributed by atoms with Crippen molar-refractivity contribution in [2.75, 3.05) is 6.61 Å². The summed E-state index contributed by atoms with van der Waals surface area (Å²) >= 11 is 6.16. The molecular formula is C12H23ClO2Si. The number of esters is 1. The third-order valence-electron chi connectivity index (χ3n) is 2.27. The molecular weight excluding hydrogens is 240 g/mol. The number of rotatable bonds is 8. The first-order valence-electron chi connectivity index (χ1n) is 5.90. The average molecular weight is 263 g/mol. The maximum atomic E-state index is 11.4. The second-order valence-corrected chi connectivity index (χ2v) is 11.7. The largest absolute Gasteiger partial charge is 0.462 e. The molecule has 4 heteroatoms. The van der Waals surface area contributed by atoms with Gasteiger partial charge in [0.05, 0.1) is 6.61 Å². The normalized spacial score (nSPS) is 11.2.